The number of anilines is 1. The Kier molecular flexibility index (Phi) is 4.22. The number of hydrogen-bond acceptors (Lipinski definition) is 3. The summed E-state index contributed by atoms with van der Waals surface area (Å²) in [5.41, 5.74) is -0.216. The number of nitrogens with zero attached hydrogens (tertiary/aromatic N) is 1. The molecule has 0 aliphatic heterocycles. The Morgan fingerprint density at radius 3 is 2.67 bits per heavy atom. The maximum Gasteiger partial charge on any atom is 0.329 e. The second-order valence-corrected chi connectivity index (χ2v) is 5.76. The molecule has 3 rings (SSSR count). The number of para-hydroxylation sites is 1. The van der Waals surface area contributed by atoms with E-state index < -0.39 is 23.2 Å². The Bertz CT molecular complexity index is 1040. The minimum Gasteiger partial charge on any atom is -0.324 e. The Balaban J connectivity index is 1.99. The van der Waals surface area contributed by atoms with Gasteiger partial charge < -0.3 is 10.3 Å². The van der Waals surface area contributed by atoms with Gasteiger partial charge in [0.2, 0.25) is 5.91 Å². The number of nitrogens with one attached hydrogen (secondary N) is 2. The molecular formula is C17H14ClN3O3. The summed E-state index contributed by atoms with van der Waals surface area (Å²) in [6, 6.07) is 12.3. The van der Waals surface area contributed by atoms with E-state index in [2.05, 4.69) is 10.3 Å². The van der Waals surface area contributed by atoms with Crippen molar-refractivity contribution < 1.29 is 4.79 Å². The van der Waals surface area contributed by atoms with Crippen LogP contribution in [0.15, 0.2) is 58.1 Å². The summed E-state index contributed by atoms with van der Waals surface area (Å²) in [5, 5.41) is 3.47. The van der Waals surface area contributed by atoms with Gasteiger partial charge in [0.15, 0.2) is 0 Å². The van der Waals surface area contributed by atoms with E-state index in [0.717, 1.165) is 4.57 Å². The number of carbonyl (C=O) groups excluding carboxylic acids is 1. The number of rotatable bonds is 3. The average molecular weight is 344 g/mol. The number of carbonyl (C=O) groups is 1. The summed E-state index contributed by atoms with van der Waals surface area (Å²) >= 11 is 5.88. The van der Waals surface area contributed by atoms with Crippen LogP contribution in [0.4, 0.5) is 5.69 Å². The first kappa shape index (κ1) is 16.0. The molecule has 0 bridgehead atoms. The molecule has 1 amide bonds. The Morgan fingerprint density at radius 2 is 1.92 bits per heavy atom. The molecule has 2 N–H and O–H groups in total. The van der Waals surface area contributed by atoms with Crippen LogP contribution < -0.4 is 16.6 Å². The predicted molar refractivity (Wildman–Crippen MR) is 93.6 cm³/mol. The first-order valence-corrected chi connectivity index (χ1v) is 7.65. The van der Waals surface area contributed by atoms with Gasteiger partial charge in [-0.15, -0.1) is 0 Å². The third kappa shape index (κ3) is 2.96. The number of amides is 1. The largest absolute Gasteiger partial charge is 0.329 e. The van der Waals surface area contributed by atoms with Crippen LogP contribution in [-0.4, -0.2) is 15.5 Å². The molecule has 1 heterocycles. The zero-order valence-corrected chi connectivity index (χ0v) is 13.5. The standard InChI is InChI=1S/C17H14ClN3O3/c1-10(15(22)19-12-6-4-5-11(18)9-12)21-16(23)13-7-2-3-8-14(13)20-17(21)24/h2-10H,1H3,(H,19,22)(H,20,24). The van der Waals surface area contributed by atoms with Crippen molar-refractivity contribution in [3.05, 3.63) is 74.4 Å². The zero-order chi connectivity index (χ0) is 17.3. The number of hydrogen-bond donors (Lipinski definition) is 2. The number of halogens is 1. The minimum absolute atomic E-state index is 0.347. The maximum atomic E-state index is 12.5. The number of aromatic nitrogens is 2. The van der Waals surface area contributed by atoms with E-state index >= 15 is 0 Å². The molecule has 6 nitrogen and oxygen atoms in total. The highest BCUT2D eigenvalue weighted by Crippen LogP contribution is 2.16. The first-order chi connectivity index (χ1) is 11.5. The summed E-state index contributed by atoms with van der Waals surface area (Å²) in [6.45, 7) is 1.49. The second kappa shape index (κ2) is 6.33. The fourth-order valence-electron chi connectivity index (χ4n) is 2.46. The van der Waals surface area contributed by atoms with E-state index in [0.29, 0.717) is 21.6 Å². The van der Waals surface area contributed by atoms with Crippen molar-refractivity contribution in [1.82, 2.24) is 9.55 Å². The van der Waals surface area contributed by atoms with Gasteiger partial charge in [0, 0.05) is 10.7 Å². The van der Waals surface area contributed by atoms with Crippen molar-refractivity contribution in [2.75, 3.05) is 5.32 Å². The molecule has 0 aliphatic rings. The van der Waals surface area contributed by atoms with Crippen molar-refractivity contribution in [3.63, 3.8) is 0 Å². The van der Waals surface area contributed by atoms with Gasteiger partial charge >= 0.3 is 5.69 Å². The fourth-order valence-corrected chi connectivity index (χ4v) is 2.65. The Labute approximate surface area is 141 Å². The van der Waals surface area contributed by atoms with Crippen LogP contribution in [0.3, 0.4) is 0 Å². The van der Waals surface area contributed by atoms with Crippen LogP contribution in [0.5, 0.6) is 0 Å². The highest BCUT2D eigenvalue weighted by Gasteiger charge is 2.20. The smallest absolute Gasteiger partial charge is 0.324 e. The molecule has 1 aromatic heterocycles. The van der Waals surface area contributed by atoms with Crippen molar-refractivity contribution in [1.29, 1.82) is 0 Å². The summed E-state index contributed by atoms with van der Waals surface area (Å²) in [4.78, 5) is 39.8. The molecule has 0 radical (unpaired) electrons. The van der Waals surface area contributed by atoms with Crippen LogP contribution in [0, 0.1) is 0 Å². The second-order valence-electron chi connectivity index (χ2n) is 5.33. The quantitative estimate of drug-likeness (QED) is 0.766. The number of aromatic amines is 1. The van der Waals surface area contributed by atoms with Gasteiger partial charge in [-0.2, -0.15) is 0 Å². The average Bonchev–Trinajstić information content (AvgIpc) is 2.54. The molecule has 2 aromatic carbocycles. The van der Waals surface area contributed by atoms with Crippen LogP contribution in [0.2, 0.25) is 5.02 Å². The highest BCUT2D eigenvalue weighted by molar-refractivity contribution is 6.30. The molecular weight excluding hydrogens is 330 g/mol. The molecule has 7 heteroatoms. The molecule has 1 unspecified atom stereocenters. The van der Waals surface area contributed by atoms with Gasteiger partial charge in [-0.3, -0.25) is 9.59 Å². The monoisotopic (exact) mass is 343 g/mol. The van der Waals surface area contributed by atoms with Gasteiger partial charge in [-0.1, -0.05) is 29.8 Å². The zero-order valence-electron chi connectivity index (χ0n) is 12.7. The fraction of sp³-hybridized carbons (Fsp3) is 0.118. The van der Waals surface area contributed by atoms with Gasteiger partial charge in [0.25, 0.3) is 5.56 Å². The highest BCUT2D eigenvalue weighted by atomic mass is 35.5. The number of H-pyrrole nitrogens is 1. The van der Waals surface area contributed by atoms with E-state index in [1.165, 1.54) is 6.92 Å². The van der Waals surface area contributed by atoms with Crippen LogP contribution in [-0.2, 0) is 4.79 Å². The molecule has 3 aromatic rings. The van der Waals surface area contributed by atoms with Gasteiger partial charge in [-0.05, 0) is 37.3 Å². The van der Waals surface area contributed by atoms with E-state index in [4.69, 9.17) is 11.6 Å². The molecule has 0 spiro atoms. The summed E-state index contributed by atoms with van der Waals surface area (Å²) in [7, 11) is 0. The van der Waals surface area contributed by atoms with Crippen molar-refractivity contribution in [2.24, 2.45) is 0 Å². The molecule has 24 heavy (non-hydrogen) atoms. The van der Waals surface area contributed by atoms with Crippen molar-refractivity contribution in [3.8, 4) is 0 Å². The lowest BCUT2D eigenvalue weighted by atomic mass is 10.2. The SMILES string of the molecule is CC(C(=O)Nc1cccc(Cl)c1)n1c(=O)[nH]c2ccccc2c1=O. The van der Waals surface area contributed by atoms with Crippen LogP contribution in [0.25, 0.3) is 10.9 Å². The normalized spacial score (nSPS) is 12.1. The topological polar surface area (TPSA) is 84.0 Å². The summed E-state index contributed by atoms with van der Waals surface area (Å²) in [5.74, 6) is -0.486. The molecule has 0 saturated heterocycles. The van der Waals surface area contributed by atoms with Crippen molar-refractivity contribution in [2.45, 2.75) is 13.0 Å². The van der Waals surface area contributed by atoms with Gasteiger partial charge in [0.05, 0.1) is 10.9 Å². The van der Waals surface area contributed by atoms with Crippen LogP contribution in [0.1, 0.15) is 13.0 Å². The molecule has 1 atom stereocenters. The Hall–Kier alpha value is -2.86. The van der Waals surface area contributed by atoms with E-state index in [1.807, 2.05) is 0 Å². The summed E-state index contributed by atoms with van der Waals surface area (Å²) in [6.07, 6.45) is 0. The minimum atomic E-state index is -0.982. The number of fused-ring (bicyclic) bond motifs is 1. The Morgan fingerprint density at radius 1 is 1.17 bits per heavy atom. The molecule has 0 fully saturated rings. The number of benzene rings is 2. The van der Waals surface area contributed by atoms with Gasteiger partial charge in [-0.25, -0.2) is 9.36 Å². The summed E-state index contributed by atoms with van der Waals surface area (Å²) < 4.78 is 0.905. The van der Waals surface area contributed by atoms with E-state index in [9.17, 15) is 14.4 Å². The predicted octanol–water partition coefficient (Wildman–Crippen LogP) is 2.54. The van der Waals surface area contributed by atoms with Crippen LogP contribution >= 0.6 is 11.6 Å². The van der Waals surface area contributed by atoms with E-state index in [-0.39, 0.29) is 0 Å². The first-order valence-electron chi connectivity index (χ1n) is 7.27. The molecule has 122 valence electrons. The third-order valence-electron chi connectivity index (χ3n) is 3.70. The molecule has 0 saturated carbocycles. The molecule has 0 aliphatic carbocycles. The lowest BCUT2D eigenvalue weighted by Gasteiger charge is -2.15. The third-order valence-corrected chi connectivity index (χ3v) is 3.93. The van der Waals surface area contributed by atoms with E-state index in [1.54, 1.807) is 48.5 Å². The maximum absolute atomic E-state index is 12.5. The van der Waals surface area contributed by atoms with Crippen molar-refractivity contribution >= 4 is 34.1 Å². The lowest BCUT2D eigenvalue weighted by Crippen LogP contribution is -2.41. The lowest BCUT2D eigenvalue weighted by molar-refractivity contribution is -0.118. The van der Waals surface area contributed by atoms with Gasteiger partial charge in [0.1, 0.15) is 6.04 Å².